The van der Waals surface area contributed by atoms with Gasteiger partial charge in [-0.3, -0.25) is 9.59 Å². The van der Waals surface area contributed by atoms with Crippen molar-refractivity contribution in [2.24, 2.45) is 0 Å². The van der Waals surface area contributed by atoms with Gasteiger partial charge in [-0.15, -0.1) is 0 Å². The average Bonchev–Trinajstić information content (AvgIpc) is 2.84. The Balaban J connectivity index is 1.81. The van der Waals surface area contributed by atoms with E-state index in [4.69, 9.17) is 11.6 Å². The molecule has 1 amide bonds. The molecule has 3 rings (SSSR count). The molecule has 0 spiro atoms. The lowest BCUT2D eigenvalue weighted by molar-refractivity contribution is -0.133. The van der Waals surface area contributed by atoms with Crippen LogP contribution in [-0.2, 0) is 16.8 Å². The molecule has 1 unspecified atom stereocenters. The molecule has 2 aromatic rings. The second-order valence-corrected chi connectivity index (χ2v) is 6.84. The minimum Gasteiger partial charge on any atom is -0.375 e. The Morgan fingerprint density at radius 1 is 1.20 bits per heavy atom. The van der Waals surface area contributed by atoms with Crippen molar-refractivity contribution < 1.29 is 14.7 Å². The van der Waals surface area contributed by atoms with Gasteiger partial charge in [-0.1, -0.05) is 49.2 Å². The molecular formula is C20H20ClNO3. The van der Waals surface area contributed by atoms with Crippen LogP contribution in [0, 0.1) is 0 Å². The molecule has 25 heavy (non-hydrogen) atoms. The second kappa shape index (κ2) is 6.98. The lowest BCUT2D eigenvalue weighted by Crippen LogP contribution is -2.36. The molecule has 0 bridgehead atoms. The summed E-state index contributed by atoms with van der Waals surface area (Å²) in [5, 5.41) is 13.9. The fourth-order valence-electron chi connectivity index (χ4n) is 3.06. The Morgan fingerprint density at radius 3 is 2.60 bits per heavy atom. The topological polar surface area (TPSA) is 66.4 Å². The highest BCUT2D eigenvalue weighted by Crippen LogP contribution is 2.40. The number of hydrogen-bond donors (Lipinski definition) is 2. The highest BCUT2D eigenvalue weighted by Gasteiger charge is 2.46. The van der Waals surface area contributed by atoms with Crippen molar-refractivity contribution in [2.75, 3.05) is 5.32 Å². The van der Waals surface area contributed by atoms with Gasteiger partial charge in [0, 0.05) is 21.8 Å². The van der Waals surface area contributed by atoms with E-state index in [0.29, 0.717) is 21.8 Å². The number of Topliss-reactive ketones (excluding diaryl/α,β-unsaturated/α-hetero) is 1. The third-order valence-corrected chi connectivity index (χ3v) is 4.80. The van der Waals surface area contributed by atoms with Crippen LogP contribution in [0.15, 0.2) is 42.5 Å². The molecule has 0 saturated heterocycles. The Labute approximate surface area is 151 Å². The SMILES string of the molecule is CCCCc1ccc(C(=O)CC2(O)C(=O)Nc3ccc(Cl)cc32)cc1. The molecule has 1 aliphatic rings. The average molecular weight is 358 g/mol. The number of rotatable bonds is 6. The highest BCUT2D eigenvalue weighted by atomic mass is 35.5. The molecule has 0 fully saturated rings. The zero-order chi connectivity index (χ0) is 18.0. The first-order chi connectivity index (χ1) is 11.9. The predicted molar refractivity (Wildman–Crippen MR) is 98.0 cm³/mol. The van der Waals surface area contributed by atoms with E-state index in [1.165, 1.54) is 11.6 Å². The maximum atomic E-state index is 12.6. The van der Waals surface area contributed by atoms with E-state index in [1.807, 2.05) is 12.1 Å². The van der Waals surface area contributed by atoms with Crippen LogP contribution >= 0.6 is 11.6 Å². The van der Waals surface area contributed by atoms with E-state index < -0.39 is 11.5 Å². The maximum Gasteiger partial charge on any atom is 0.261 e. The summed E-state index contributed by atoms with van der Waals surface area (Å²) in [6.07, 6.45) is 2.87. The number of carbonyl (C=O) groups is 2. The molecular weight excluding hydrogens is 338 g/mol. The molecule has 0 saturated carbocycles. The number of ketones is 1. The number of nitrogens with one attached hydrogen (secondary N) is 1. The quantitative estimate of drug-likeness (QED) is 0.765. The van der Waals surface area contributed by atoms with Gasteiger partial charge in [-0.25, -0.2) is 0 Å². The molecule has 2 aromatic carbocycles. The molecule has 2 N–H and O–H groups in total. The first-order valence-corrected chi connectivity index (χ1v) is 8.78. The van der Waals surface area contributed by atoms with Crippen molar-refractivity contribution in [1.29, 1.82) is 0 Å². The molecule has 1 heterocycles. The first-order valence-electron chi connectivity index (χ1n) is 8.40. The number of carbonyl (C=O) groups excluding carboxylic acids is 2. The van der Waals surface area contributed by atoms with E-state index in [2.05, 4.69) is 12.2 Å². The normalized spacial score (nSPS) is 18.8. The number of fused-ring (bicyclic) bond motifs is 1. The van der Waals surface area contributed by atoms with E-state index in [9.17, 15) is 14.7 Å². The van der Waals surface area contributed by atoms with Crippen molar-refractivity contribution in [2.45, 2.75) is 38.2 Å². The van der Waals surface area contributed by atoms with Gasteiger partial charge in [-0.2, -0.15) is 0 Å². The van der Waals surface area contributed by atoms with E-state index in [0.717, 1.165) is 19.3 Å². The van der Waals surface area contributed by atoms with Crippen LogP contribution in [0.4, 0.5) is 5.69 Å². The van der Waals surface area contributed by atoms with Gasteiger partial charge in [0.2, 0.25) is 0 Å². The summed E-state index contributed by atoms with van der Waals surface area (Å²) in [7, 11) is 0. The van der Waals surface area contributed by atoms with Crippen LogP contribution in [-0.4, -0.2) is 16.8 Å². The standard InChI is InChI=1S/C20H20ClNO3/c1-2-3-4-13-5-7-14(8-6-13)18(23)12-20(25)16-11-15(21)9-10-17(16)22-19(20)24/h5-11,25H,2-4,12H2,1H3,(H,22,24). The zero-order valence-electron chi connectivity index (χ0n) is 14.0. The number of anilines is 1. The zero-order valence-corrected chi connectivity index (χ0v) is 14.8. The monoisotopic (exact) mass is 357 g/mol. The Kier molecular flexibility index (Phi) is 4.93. The van der Waals surface area contributed by atoms with Gasteiger partial charge < -0.3 is 10.4 Å². The Hall–Kier alpha value is -2.17. The summed E-state index contributed by atoms with van der Waals surface area (Å²) in [4.78, 5) is 24.8. The number of aliphatic hydroxyl groups is 1. The molecule has 130 valence electrons. The Morgan fingerprint density at radius 2 is 1.92 bits per heavy atom. The summed E-state index contributed by atoms with van der Waals surface area (Å²) in [6.45, 7) is 2.13. The van der Waals surface area contributed by atoms with Crippen LogP contribution < -0.4 is 5.32 Å². The number of benzene rings is 2. The lowest BCUT2D eigenvalue weighted by Gasteiger charge is -2.20. The molecule has 0 radical (unpaired) electrons. The first kappa shape index (κ1) is 17.6. The van der Waals surface area contributed by atoms with Crippen molar-refractivity contribution in [3.63, 3.8) is 0 Å². The number of aryl methyl sites for hydroxylation is 1. The van der Waals surface area contributed by atoms with Crippen molar-refractivity contribution >= 4 is 29.0 Å². The lowest BCUT2D eigenvalue weighted by atomic mass is 9.88. The second-order valence-electron chi connectivity index (χ2n) is 6.40. The number of amides is 1. The van der Waals surface area contributed by atoms with Crippen LogP contribution in [0.2, 0.25) is 5.02 Å². The van der Waals surface area contributed by atoms with E-state index in [-0.39, 0.29) is 12.2 Å². The van der Waals surface area contributed by atoms with Gasteiger partial charge in [0.1, 0.15) is 0 Å². The van der Waals surface area contributed by atoms with Crippen molar-refractivity contribution in [3.05, 3.63) is 64.2 Å². The fraction of sp³-hybridized carbons (Fsp3) is 0.300. The number of halogens is 1. The minimum absolute atomic E-state index is 0.285. The van der Waals surface area contributed by atoms with E-state index >= 15 is 0 Å². The van der Waals surface area contributed by atoms with Gasteiger partial charge >= 0.3 is 0 Å². The maximum absolute atomic E-state index is 12.6. The van der Waals surface area contributed by atoms with Gasteiger partial charge in [0.25, 0.3) is 5.91 Å². The van der Waals surface area contributed by atoms with Gasteiger partial charge in [-0.05, 0) is 36.6 Å². The number of unbranched alkanes of at least 4 members (excludes halogenated alkanes) is 1. The third kappa shape index (κ3) is 3.46. The van der Waals surface area contributed by atoms with Gasteiger partial charge in [0.05, 0.1) is 6.42 Å². The number of hydrogen-bond acceptors (Lipinski definition) is 3. The smallest absolute Gasteiger partial charge is 0.261 e. The summed E-state index contributed by atoms with van der Waals surface area (Å²) in [5.74, 6) is -0.884. The van der Waals surface area contributed by atoms with Crippen LogP contribution in [0.25, 0.3) is 0 Å². The molecule has 1 aliphatic heterocycles. The summed E-state index contributed by atoms with van der Waals surface area (Å²) in [5.41, 5.74) is 0.598. The fourth-order valence-corrected chi connectivity index (χ4v) is 3.24. The largest absolute Gasteiger partial charge is 0.375 e. The predicted octanol–water partition coefficient (Wildman–Crippen LogP) is 4.10. The Bertz CT molecular complexity index is 816. The summed E-state index contributed by atoms with van der Waals surface area (Å²) < 4.78 is 0. The van der Waals surface area contributed by atoms with Crippen LogP contribution in [0.3, 0.4) is 0 Å². The highest BCUT2D eigenvalue weighted by molar-refractivity contribution is 6.31. The van der Waals surface area contributed by atoms with Gasteiger partial charge in [0.15, 0.2) is 11.4 Å². The molecule has 5 heteroatoms. The summed E-state index contributed by atoms with van der Waals surface area (Å²) >= 11 is 5.98. The summed E-state index contributed by atoms with van der Waals surface area (Å²) in [6, 6.07) is 12.1. The molecule has 0 aliphatic carbocycles. The molecule has 4 nitrogen and oxygen atoms in total. The van der Waals surface area contributed by atoms with Crippen molar-refractivity contribution in [1.82, 2.24) is 0 Å². The van der Waals surface area contributed by atoms with E-state index in [1.54, 1.807) is 24.3 Å². The molecule has 1 atom stereocenters. The van der Waals surface area contributed by atoms with Crippen molar-refractivity contribution in [3.8, 4) is 0 Å². The minimum atomic E-state index is -1.89. The third-order valence-electron chi connectivity index (χ3n) is 4.56. The van der Waals surface area contributed by atoms with Crippen LogP contribution in [0.5, 0.6) is 0 Å². The van der Waals surface area contributed by atoms with Crippen LogP contribution in [0.1, 0.15) is 47.7 Å². The molecule has 0 aromatic heterocycles.